The van der Waals surface area contributed by atoms with Crippen molar-refractivity contribution in [3.63, 3.8) is 0 Å². The molecule has 1 aliphatic rings. The van der Waals surface area contributed by atoms with Crippen molar-refractivity contribution in [2.45, 2.75) is 39.2 Å². The summed E-state index contributed by atoms with van der Waals surface area (Å²) in [7, 11) is 0. The molecule has 3 nitrogen and oxygen atoms in total. The van der Waals surface area contributed by atoms with E-state index in [1.165, 1.54) is 25.8 Å². The second-order valence-corrected chi connectivity index (χ2v) is 4.44. The van der Waals surface area contributed by atoms with Gasteiger partial charge in [-0.3, -0.25) is 4.90 Å². The highest BCUT2D eigenvalue weighted by Crippen LogP contribution is 2.04. The predicted octanol–water partition coefficient (Wildman–Crippen LogP) is 1.49. The molecule has 15 heavy (non-hydrogen) atoms. The summed E-state index contributed by atoms with van der Waals surface area (Å²) in [4.78, 5) is 2.51. The van der Waals surface area contributed by atoms with Gasteiger partial charge in [0.25, 0.3) is 0 Å². The van der Waals surface area contributed by atoms with Crippen molar-refractivity contribution in [2.75, 3.05) is 39.3 Å². The number of nitrogens with one attached hydrogen (secondary N) is 1. The molecule has 1 aliphatic heterocycles. The van der Waals surface area contributed by atoms with Crippen molar-refractivity contribution < 1.29 is 4.74 Å². The van der Waals surface area contributed by atoms with E-state index in [0.717, 1.165) is 32.8 Å². The van der Waals surface area contributed by atoms with Gasteiger partial charge in [0.15, 0.2) is 0 Å². The Labute approximate surface area is 94.2 Å². The molecule has 0 aliphatic carbocycles. The maximum absolute atomic E-state index is 5.62. The number of hydrogen-bond donors (Lipinski definition) is 1. The summed E-state index contributed by atoms with van der Waals surface area (Å²) in [6, 6.07) is 0. The van der Waals surface area contributed by atoms with Crippen molar-refractivity contribution in [1.82, 2.24) is 10.2 Å². The summed E-state index contributed by atoms with van der Waals surface area (Å²) in [6.07, 6.45) is 4.16. The van der Waals surface area contributed by atoms with Crippen LogP contribution in [0.1, 0.15) is 33.1 Å². The molecular weight excluding hydrogens is 188 g/mol. The van der Waals surface area contributed by atoms with Crippen LogP contribution in [0.5, 0.6) is 0 Å². The highest BCUT2D eigenvalue weighted by molar-refractivity contribution is 4.67. The van der Waals surface area contributed by atoms with Crippen LogP contribution in [-0.4, -0.2) is 50.3 Å². The van der Waals surface area contributed by atoms with E-state index in [0.29, 0.717) is 6.10 Å². The largest absolute Gasteiger partial charge is 0.377 e. The van der Waals surface area contributed by atoms with Gasteiger partial charge in [-0.15, -0.1) is 0 Å². The van der Waals surface area contributed by atoms with Crippen LogP contribution >= 0.6 is 0 Å². The third-order valence-electron chi connectivity index (χ3n) is 2.85. The minimum atomic E-state index is 0.406. The Morgan fingerprint density at radius 3 is 3.07 bits per heavy atom. The first-order valence-electron chi connectivity index (χ1n) is 6.37. The molecule has 1 fully saturated rings. The number of hydrogen-bond acceptors (Lipinski definition) is 3. The molecule has 0 aromatic heterocycles. The molecule has 0 amide bonds. The van der Waals surface area contributed by atoms with Crippen molar-refractivity contribution in [2.24, 2.45) is 0 Å². The second-order valence-electron chi connectivity index (χ2n) is 4.44. The molecule has 0 spiro atoms. The predicted molar refractivity (Wildman–Crippen MR) is 64.2 cm³/mol. The van der Waals surface area contributed by atoms with E-state index in [-0.39, 0.29) is 0 Å². The molecule has 0 aromatic rings. The smallest absolute Gasteiger partial charge is 0.0673 e. The van der Waals surface area contributed by atoms with Crippen molar-refractivity contribution in [3.8, 4) is 0 Å². The van der Waals surface area contributed by atoms with E-state index in [1.54, 1.807) is 0 Å². The molecule has 1 unspecified atom stereocenters. The standard InChI is InChI=1S/C12H26N2O/c1-3-4-6-13-7-9-14-8-5-10-15-12(2)11-14/h12-13H,3-11H2,1-2H3. The van der Waals surface area contributed by atoms with Crippen LogP contribution in [0.4, 0.5) is 0 Å². The third-order valence-corrected chi connectivity index (χ3v) is 2.85. The first-order valence-corrected chi connectivity index (χ1v) is 6.37. The summed E-state index contributed by atoms with van der Waals surface area (Å²) < 4.78 is 5.62. The monoisotopic (exact) mass is 214 g/mol. The average molecular weight is 214 g/mol. The minimum absolute atomic E-state index is 0.406. The van der Waals surface area contributed by atoms with Crippen LogP contribution in [0.15, 0.2) is 0 Å². The average Bonchev–Trinajstić information content (AvgIpc) is 2.43. The van der Waals surface area contributed by atoms with E-state index >= 15 is 0 Å². The molecule has 1 heterocycles. The van der Waals surface area contributed by atoms with Crippen LogP contribution in [0.2, 0.25) is 0 Å². The lowest BCUT2D eigenvalue weighted by Gasteiger charge is -2.21. The molecule has 0 aromatic carbocycles. The van der Waals surface area contributed by atoms with Gasteiger partial charge >= 0.3 is 0 Å². The fourth-order valence-electron chi connectivity index (χ4n) is 1.95. The van der Waals surface area contributed by atoms with E-state index in [1.807, 2.05) is 0 Å². The Morgan fingerprint density at radius 2 is 2.27 bits per heavy atom. The van der Waals surface area contributed by atoms with Crippen LogP contribution in [0.25, 0.3) is 0 Å². The fourth-order valence-corrected chi connectivity index (χ4v) is 1.95. The number of ether oxygens (including phenoxy) is 1. The molecule has 0 saturated carbocycles. The second kappa shape index (κ2) is 8.08. The Kier molecular flexibility index (Phi) is 6.98. The zero-order valence-corrected chi connectivity index (χ0v) is 10.3. The number of unbranched alkanes of at least 4 members (excludes halogenated alkanes) is 1. The third kappa shape index (κ3) is 6.13. The van der Waals surface area contributed by atoms with Crippen molar-refractivity contribution in [3.05, 3.63) is 0 Å². The first-order chi connectivity index (χ1) is 7.33. The summed E-state index contributed by atoms with van der Waals surface area (Å²) in [5, 5.41) is 3.49. The first kappa shape index (κ1) is 12.9. The van der Waals surface area contributed by atoms with Gasteiger partial charge < -0.3 is 10.1 Å². The maximum Gasteiger partial charge on any atom is 0.0673 e. The number of rotatable bonds is 6. The summed E-state index contributed by atoms with van der Waals surface area (Å²) in [6.45, 7) is 11.1. The highest BCUT2D eigenvalue weighted by atomic mass is 16.5. The van der Waals surface area contributed by atoms with Crippen LogP contribution in [0.3, 0.4) is 0 Å². The van der Waals surface area contributed by atoms with Gasteiger partial charge in [-0.25, -0.2) is 0 Å². The molecular formula is C12H26N2O. The molecule has 1 N–H and O–H groups in total. The van der Waals surface area contributed by atoms with E-state index in [2.05, 4.69) is 24.1 Å². The molecule has 3 heteroatoms. The molecule has 0 radical (unpaired) electrons. The van der Waals surface area contributed by atoms with E-state index < -0.39 is 0 Å². The zero-order valence-electron chi connectivity index (χ0n) is 10.3. The quantitative estimate of drug-likeness (QED) is 0.678. The van der Waals surface area contributed by atoms with Gasteiger partial charge in [0.1, 0.15) is 0 Å². The highest BCUT2D eigenvalue weighted by Gasteiger charge is 2.13. The normalized spacial score (nSPS) is 24.0. The molecule has 1 rings (SSSR count). The minimum Gasteiger partial charge on any atom is -0.377 e. The SMILES string of the molecule is CCCCNCCN1CCCOC(C)C1. The van der Waals surface area contributed by atoms with E-state index in [4.69, 9.17) is 4.74 Å². The molecule has 1 saturated heterocycles. The van der Waals surface area contributed by atoms with Crippen LogP contribution in [0, 0.1) is 0 Å². The maximum atomic E-state index is 5.62. The molecule has 90 valence electrons. The van der Waals surface area contributed by atoms with E-state index in [9.17, 15) is 0 Å². The fraction of sp³-hybridized carbons (Fsp3) is 1.00. The number of nitrogens with zero attached hydrogens (tertiary/aromatic N) is 1. The summed E-state index contributed by atoms with van der Waals surface area (Å²) >= 11 is 0. The Bertz CT molecular complexity index is 153. The van der Waals surface area contributed by atoms with Crippen LogP contribution in [-0.2, 0) is 4.74 Å². The summed E-state index contributed by atoms with van der Waals surface area (Å²) in [5.41, 5.74) is 0. The van der Waals surface area contributed by atoms with Crippen LogP contribution < -0.4 is 5.32 Å². The lowest BCUT2D eigenvalue weighted by Crippen LogP contribution is -2.36. The molecule has 0 bridgehead atoms. The Morgan fingerprint density at radius 1 is 1.40 bits per heavy atom. The van der Waals surface area contributed by atoms with Gasteiger partial charge in [-0.2, -0.15) is 0 Å². The lowest BCUT2D eigenvalue weighted by atomic mass is 10.3. The van der Waals surface area contributed by atoms with Gasteiger partial charge in [0.2, 0.25) is 0 Å². The van der Waals surface area contributed by atoms with Crippen molar-refractivity contribution >= 4 is 0 Å². The summed E-state index contributed by atoms with van der Waals surface area (Å²) in [5.74, 6) is 0. The Balaban J connectivity index is 2.03. The molecule has 1 atom stereocenters. The topological polar surface area (TPSA) is 24.5 Å². The Hall–Kier alpha value is -0.120. The lowest BCUT2D eigenvalue weighted by molar-refractivity contribution is 0.0679. The van der Waals surface area contributed by atoms with Gasteiger partial charge in [-0.1, -0.05) is 13.3 Å². The zero-order chi connectivity index (χ0) is 10.9. The van der Waals surface area contributed by atoms with Gasteiger partial charge in [0.05, 0.1) is 6.10 Å². The van der Waals surface area contributed by atoms with Gasteiger partial charge in [0, 0.05) is 32.8 Å². The van der Waals surface area contributed by atoms with Crippen molar-refractivity contribution in [1.29, 1.82) is 0 Å². The van der Waals surface area contributed by atoms with Gasteiger partial charge in [-0.05, 0) is 26.3 Å².